The Hall–Kier alpha value is -0.520. The zero-order valence-corrected chi connectivity index (χ0v) is 7.84. The van der Waals surface area contributed by atoms with Gasteiger partial charge in [0, 0.05) is 0 Å². The zero-order chi connectivity index (χ0) is 8.49. The first-order chi connectivity index (χ1) is 6.00. The van der Waals surface area contributed by atoms with E-state index in [4.69, 9.17) is 0 Å². The van der Waals surface area contributed by atoms with E-state index < -0.39 is 0 Å². The highest BCUT2D eigenvalue weighted by Crippen LogP contribution is 2.08. The Labute approximate surface area is 76.4 Å². The minimum absolute atomic E-state index is 1.12. The molecule has 1 radical (unpaired) electrons. The Morgan fingerprint density at radius 2 is 1.33 bits per heavy atom. The zero-order valence-electron chi connectivity index (χ0n) is 7.84. The van der Waals surface area contributed by atoms with E-state index in [1.807, 2.05) is 0 Å². The van der Waals surface area contributed by atoms with Gasteiger partial charge < -0.3 is 0 Å². The van der Waals surface area contributed by atoms with E-state index in [1.165, 1.54) is 32.1 Å². The van der Waals surface area contributed by atoms with Crippen molar-refractivity contribution in [3.05, 3.63) is 30.7 Å². The van der Waals surface area contributed by atoms with Crippen molar-refractivity contribution in [2.45, 2.75) is 44.9 Å². The van der Waals surface area contributed by atoms with Crippen molar-refractivity contribution in [2.24, 2.45) is 0 Å². The average molecular weight is 163 g/mol. The highest BCUT2D eigenvalue weighted by Gasteiger charge is 1.89. The van der Waals surface area contributed by atoms with E-state index in [0.717, 1.165) is 12.8 Å². The fourth-order valence-electron chi connectivity index (χ4n) is 1.43. The topological polar surface area (TPSA) is 0 Å². The van der Waals surface area contributed by atoms with Crippen LogP contribution in [0.15, 0.2) is 24.3 Å². The molecule has 12 heavy (non-hydrogen) atoms. The van der Waals surface area contributed by atoms with Crippen LogP contribution in [0.25, 0.3) is 0 Å². The molecule has 0 aromatic rings. The van der Waals surface area contributed by atoms with Gasteiger partial charge in [-0.05, 0) is 38.5 Å². The molecular weight excluding hydrogens is 144 g/mol. The van der Waals surface area contributed by atoms with Crippen molar-refractivity contribution in [1.82, 2.24) is 0 Å². The molecule has 0 atom stereocenters. The summed E-state index contributed by atoms with van der Waals surface area (Å²) in [6, 6.07) is 0. The van der Waals surface area contributed by atoms with Gasteiger partial charge in [-0.2, -0.15) is 0 Å². The maximum atomic E-state index is 2.39. The predicted molar refractivity (Wildman–Crippen MR) is 54.9 cm³/mol. The first kappa shape index (κ1) is 9.57. The summed E-state index contributed by atoms with van der Waals surface area (Å²) in [5.74, 6) is 0. The largest absolute Gasteiger partial charge is 0.0882 e. The van der Waals surface area contributed by atoms with E-state index >= 15 is 0 Å². The van der Waals surface area contributed by atoms with Crippen molar-refractivity contribution in [2.75, 3.05) is 0 Å². The molecule has 0 saturated heterocycles. The van der Waals surface area contributed by atoms with Gasteiger partial charge in [0.15, 0.2) is 0 Å². The van der Waals surface area contributed by atoms with E-state index in [-0.39, 0.29) is 0 Å². The fraction of sp³-hybridized carbons (Fsp3) is 0.583. The highest BCUT2D eigenvalue weighted by molar-refractivity contribution is 4.95. The summed E-state index contributed by atoms with van der Waals surface area (Å²) in [5, 5.41) is 0. The Morgan fingerprint density at radius 1 is 0.583 bits per heavy atom. The van der Waals surface area contributed by atoms with Crippen LogP contribution in [-0.4, -0.2) is 0 Å². The number of allylic oxidation sites excluding steroid dienone is 4. The van der Waals surface area contributed by atoms with E-state index in [0.29, 0.717) is 0 Å². The molecule has 0 amide bonds. The van der Waals surface area contributed by atoms with E-state index in [9.17, 15) is 0 Å². The lowest BCUT2D eigenvalue weighted by molar-refractivity contribution is 0.675. The summed E-state index contributed by atoms with van der Waals surface area (Å²) >= 11 is 0. The Bertz CT molecular complexity index is 126. The third kappa shape index (κ3) is 5.17. The summed E-state index contributed by atoms with van der Waals surface area (Å²) in [6.45, 7) is 0. The van der Waals surface area contributed by atoms with Crippen molar-refractivity contribution in [3.8, 4) is 0 Å². The molecule has 0 nitrogen and oxygen atoms in total. The van der Waals surface area contributed by atoms with Crippen molar-refractivity contribution in [1.29, 1.82) is 0 Å². The molecule has 1 aliphatic rings. The Kier molecular flexibility index (Phi) is 5.70. The quantitative estimate of drug-likeness (QED) is 0.473. The third-order valence-corrected chi connectivity index (χ3v) is 2.19. The van der Waals surface area contributed by atoms with Gasteiger partial charge in [0.25, 0.3) is 0 Å². The van der Waals surface area contributed by atoms with Crippen LogP contribution in [0.5, 0.6) is 0 Å². The maximum absolute atomic E-state index is 2.39. The van der Waals surface area contributed by atoms with Crippen LogP contribution in [0.4, 0.5) is 0 Å². The van der Waals surface area contributed by atoms with Crippen molar-refractivity contribution < 1.29 is 0 Å². The van der Waals surface area contributed by atoms with Gasteiger partial charge in [0.2, 0.25) is 0 Å². The Morgan fingerprint density at radius 3 is 2.33 bits per heavy atom. The van der Waals surface area contributed by atoms with Gasteiger partial charge in [0.05, 0.1) is 0 Å². The van der Waals surface area contributed by atoms with Crippen LogP contribution in [-0.2, 0) is 0 Å². The van der Waals surface area contributed by atoms with Gasteiger partial charge in [0.1, 0.15) is 0 Å². The summed E-state index contributed by atoms with van der Waals surface area (Å²) < 4.78 is 0. The molecule has 0 aliphatic heterocycles. The minimum Gasteiger partial charge on any atom is -0.0882 e. The molecule has 0 spiro atoms. The van der Waals surface area contributed by atoms with Crippen LogP contribution >= 0.6 is 0 Å². The normalized spacial score (nSPS) is 26.7. The van der Waals surface area contributed by atoms with Crippen LogP contribution in [0.1, 0.15) is 44.9 Å². The maximum Gasteiger partial charge on any atom is -0.0169 e. The molecule has 0 saturated carbocycles. The molecule has 0 aromatic heterocycles. The molecule has 0 N–H and O–H groups in total. The SMILES string of the molecule is [CH]1C/C=C/C/C=C\CCCCC1. The number of hydrogen-bond donors (Lipinski definition) is 0. The molecule has 0 bridgehead atoms. The van der Waals surface area contributed by atoms with Gasteiger partial charge in [-0.3, -0.25) is 0 Å². The third-order valence-electron chi connectivity index (χ3n) is 2.19. The molecule has 1 rings (SSSR count). The molecule has 0 heteroatoms. The van der Waals surface area contributed by atoms with Crippen LogP contribution in [0, 0.1) is 6.42 Å². The summed E-state index contributed by atoms with van der Waals surface area (Å²) in [6.07, 6.45) is 20.5. The Balaban J connectivity index is 2.20. The molecular formula is C12H19. The van der Waals surface area contributed by atoms with Crippen LogP contribution in [0.3, 0.4) is 0 Å². The summed E-state index contributed by atoms with van der Waals surface area (Å²) in [7, 11) is 0. The first-order valence-electron chi connectivity index (χ1n) is 5.12. The second kappa shape index (κ2) is 7.15. The van der Waals surface area contributed by atoms with E-state index in [2.05, 4.69) is 30.7 Å². The monoisotopic (exact) mass is 163 g/mol. The van der Waals surface area contributed by atoms with Crippen LogP contribution < -0.4 is 0 Å². The van der Waals surface area contributed by atoms with Crippen molar-refractivity contribution in [3.63, 3.8) is 0 Å². The standard InChI is InChI=1S/C12H19/c1-2-4-6-8-10-12-11-9-7-5-3-1/h1-2,5-7H,3-4,8-12H2/b2-1+,7-5-. The minimum atomic E-state index is 1.12. The lowest BCUT2D eigenvalue weighted by Gasteiger charge is -1.98. The van der Waals surface area contributed by atoms with Crippen molar-refractivity contribution >= 4 is 0 Å². The van der Waals surface area contributed by atoms with Crippen LogP contribution in [0.2, 0.25) is 0 Å². The molecule has 67 valence electrons. The van der Waals surface area contributed by atoms with Gasteiger partial charge in [-0.1, -0.05) is 37.1 Å². The van der Waals surface area contributed by atoms with Gasteiger partial charge >= 0.3 is 0 Å². The average Bonchev–Trinajstić information content (AvgIpc) is 2.05. The lowest BCUT2D eigenvalue weighted by atomic mass is 10.1. The smallest absolute Gasteiger partial charge is 0.0169 e. The molecule has 1 aliphatic carbocycles. The van der Waals surface area contributed by atoms with Gasteiger partial charge in [-0.15, -0.1) is 0 Å². The summed E-state index contributed by atoms with van der Waals surface area (Å²) in [4.78, 5) is 0. The van der Waals surface area contributed by atoms with E-state index in [1.54, 1.807) is 0 Å². The first-order valence-corrected chi connectivity index (χ1v) is 5.12. The summed E-state index contributed by atoms with van der Waals surface area (Å²) in [5.41, 5.74) is 0. The molecule has 0 fully saturated rings. The lowest BCUT2D eigenvalue weighted by Crippen LogP contribution is -1.80. The number of hydrogen-bond acceptors (Lipinski definition) is 0. The predicted octanol–water partition coefficient (Wildman–Crippen LogP) is 4.05. The fourth-order valence-corrected chi connectivity index (χ4v) is 1.43. The number of rotatable bonds is 0. The molecule has 0 unspecified atom stereocenters. The molecule has 0 heterocycles. The molecule has 0 aromatic carbocycles. The second-order valence-electron chi connectivity index (χ2n) is 3.34. The second-order valence-corrected chi connectivity index (χ2v) is 3.34. The van der Waals surface area contributed by atoms with Gasteiger partial charge in [-0.25, -0.2) is 0 Å². The highest BCUT2D eigenvalue weighted by atomic mass is 14.0.